The number of rotatable bonds is 12. The van der Waals surface area contributed by atoms with Crippen LogP contribution in [0.3, 0.4) is 0 Å². The van der Waals surface area contributed by atoms with Gasteiger partial charge >= 0.3 is 11.9 Å². The highest BCUT2D eigenvalue weighted by Gasteiger charge is 2.03. The number of benzene rings is 1. The topological polar surface area (TPSA) is 52.6 Å². The first kappa shape index (κ1) is 20.9. The van der Waals surface area contributed by atoms with Gasteiger partial charge in [-0.3, -0.25) is 0 Å². The highest BCUT2D eigenvalue weighted by molar-refractivity contribution is 5.92. The quantitative estimate of drug-likeness (QED) is 0.231. The van der Waals surface area contributed by atoms with Gasteiger partial charge in [0.25, 0.3) is 0 Å². The summed E-state index contributed by atoms with van der Waals surface area (Å²) < 4.78 is 22.8. The van der Waals surface area contributed by atoms with E-state index in [1.54, 1.807) is 0 Å². The second-order valence-corrected chi connectivity index (χ2v) is 5.85. The number of carbonyl (C=O) groups excluding carboxylic acids is 2. The van der Waals surface area contributed by atoms with Gasteiger partial charge < -0.3 is 9.47 Å². The molecule has 0 N–H and O–H groups in total. The van der Waals surface area contributed by atoms with Crippen LogP contribution in [-0.4, -0.2) is 18.5 Å². The molecule has 1 aromatic rings. The van der Waals surface area contributed by atoms with Crippen LogP contribution in [0.1, 0.15) is 58.3 Å². The zero-order valence-corrected chi connectivity index (χ0v) is 14.8. The molecule has 0 aliphatic rings. The van der Waals surface area contributed by atoms with Gasteiger partial charge in [0.2, 0.25) is 0 Å². The molecule has 0 radical (unpaired) electrons. The van der Waals surface area contributed by atoms with Crippen molar-refractivity contribution < 1.29 is 23.5 Å². The minimum atomic E-state index is -0.755. The summed E-state index contributed by atoms with van der Waals surface area (Å²) >= 11 is 0. The molecule has 25 heavy (non-hydrogen) atoms. The zero-order valence-electron chi connectivity index (χ0n) is 14.8. The fourth-order valence-corrected chi connectivity index (χ4v) is 2.27. The SMILES string of the molecule is CCCCCCCCCCOC(=O)/C=C/C(=O)Oc1cccc(F)c1. The van der Waals surface area contributed by atoms with E-state index in [1.165, 1.54) is 50.3 Å². The summed E-state index contributed by atoms with van der Waals surface area (Å²) in [6, 6.07) is 5.22. The molecule has 1 aromatic carbocycles. The standard InChI is InChI=1S/C20H27FO4/c1-2-3-4-5-6-7-8-9-15-24-19(22)13-14-20(23)25-18-12-10-11-17(21)16-18/h10-14,16H,2-9,15H2,1H3/b14-13+. The van der Waals surface area contributed by atoms with Gasteiger partial charge in [-0.1, -0.05) is 57.9 Å². The predicted octanol–water partition coefficient (Wildman–Crippen LogP) is 4.97. The van der Waals surface area contributed by atoms with E-state index >= 15 is 0 Å². The van der Waals surface area contributed by atoms with Crippen molar-refractivity contribution in [1.29, 1.82) is 0 Å². The summed E-state index contributed by atoms with van der Waals surface area (Å²) in [6.45, 7) is 2.54. The number of esters is 2. The van der Waals surface area contributed by atoms with E-state index in [0.717, 1.165) is 37.5 Å². The molecule has 0 heterocycles. The molecule has 0 saturated heterocycles. The van der Waals surface area contributed by atoms with E-state index in [1.807, 2.05) is 0 Å². The highest BCUT2D eigenvalue weighted by atomic mass is 19.1. The van der Waals surface area contributed by atoms with Crippen molar-refractivity contribution in [3.05, 3.63) is 42.2 Å². The highest BCUT2D eigenvalue weighted by Crippen LogP contribution is 2.12. The first-order valence-corrected chi connectivity index (χ1v) is 8.94. The van der Waals surface area contributed by atoms with E-state index in [-0.39, 0.29) is 5.75 Å². The maximum absolute atomic E-state index is 13.0. The zero-order chi connectivity index (χ0) is 18.3. The molecule has 138 valence electrons. The van der Waals surface area contributed by atoms with Crippen LogP contribution in [0.15, 0.2) is 36.4 Å². The molecule has 0 unspecified atom stereocenters. The Balaban J connectivity index is 2.09. The molecule has 0 fully saturated rings. The van der Waals surface area contributed by atoms with E-state index in [9.17, 15) is 14.0 Å². The second kappa shape index (κ2) is 13.2. The third kappa shape index (κ3) is 11.1. The lowest BCUT2D eigenvalue weighted by atomic mass is 10.1. The van der Waals surface area contributed by atoms with Gasteiger partial charge in [0.05, 0.1) is 6.61 Å². The molecule has 0 saturated carbocycles. The number of hydrogen-bond donors (Lipinski definition) is 0. The van der Waals surface area contributed by atoms with Crippen molar-refractivity contribution in [3.8, 4) is 5.75 Å². The molecule has 0 amide bonds. The summed E-state index contributed by atoms with van der Waals surface area (Å²) in [5.74, 6) is -1.75. The fraction of sp³-hybridized carbons (Fsp3) is 0.500. The smallest absolute Gasteiger partial charge is 0.336 e. The first-order chi connectivity index (χ1) is 12.1. The van der Waals surface area contributed by atoms with Gasteiger partial charge in [-0.15, -0.1) is 0 Å². The van der Waals surface area contributed by atoms with Crippen molar-refractivity contribution in [2.24, 2.45) is 0 Å². The molecule has 1 rings (SSSR count). The third-order valence-corrected chi connectivity index (χ3v) is 3.61. The van der Waals surface area contributed by atoms with Crippen molar-refractivity contribution in [1.82, 2.24) is 0 Å². The van der Waals surface area contributed by atoms with E-state index in [4.69, 9.17) is 9.47 Å². The first-order valence-electron chi connectivity index (χ1n) is 8.94. The van der Waals surface area contributed by atoms with Crippen LogP contribution in [0.2, 0.25) is 0 Å². The normalized spacial score (nSPS) is 10.8. The van der Waals surface area contributed by atoms with Crippen LogP contribution in [0.25, 0.3) is 0 Å². The molecule has 5 heteroatoms. The van der Waals surface area contributed by atoms with Crippen LogP contribution < -0.4 is 4.74 Å². The van der Waals surface area contributed by atoms with E-state index in [0.29, 0.717) is 6.61 Å². The summed E-state index contributed by atoms with van der Waals surface area (Å²) in [5.41, 5.74) is 0. The Bertz CT molecular complexity index is 554. The lowest BCUT2D eigenvalue weighted by Crippen LogP contribution is -2.07. The van der Waals surface area contributed by atoms with Crippen molar-refractivity contribution in [2.75, 3.05) is 6.61 Å². The minimum absolute atomic E-state index is 0.0851. The van der Waals surface area contributed by atoms with Gasteiger partial charge in [0, 0.05) is 18.2 Å². The fourth-order valence-electron chi connectivity index (χ4n) is 2.27. The van der Waals surface area contributed by atoms with E-state index in [2.05, 4.69) is 6.92 Å². The summed E-state index contributed by atoms with van der Waals surface area (Å²) in [4.78, 5) is 23.0. The Kier molecular flexibility index (Phi) is 11.0. The summed E-state index contributed by atoms with van der Waals surface area (Å²) in [6.07, 6.45) is 11.3. The van der Waals surface area contributed by atoms with E-state index < -0.39 is 17.8 Å². The Labute approximate surface area is 149 Å². The predicted molar refractivity (Wildman–Crippen MR) is 94.7 cm³/mol. The molecule has 0 atom stereocenters. The summed E-state index contributed by atoms with van der Waals surface area (Å²) in [5, 5.41) is 0. The molecular formula is C20H27FO4. The molecule has 0 aliphatic heterocycles. The van der Waals surface area contributed by atoms with Crippen LogP contribution in [-0.2, 0) is 14.3 Å². The Morgan fingerprint density at radius 2 is 1.60 bits per heavy atom. The van der Waals surface area contributed by atoms with Crippen molar-refractivity contribution in [3.63, 3.8) is 0 Å². The number of hydrogen-bond acceptors (Lipinski definition) is 4. The third-order valence-electron chi connectivity index (χ3n) is 3.61. The molecule has 4 nitrogen and oxygen atoms in total. The maximum Gasteiger partial charge on any atom is 0.336 e. The Hall–Kier alpha value is -2.17. The van der Waals surface area contributed by atoms with Gasteiger partial charge in [-0.05, 0) is 18.6 Å². The average Bonchev–Trinajstić information content (AvgIpc) is 2.58. The van der Waals surface area contributed by atoms with Crippen LogP contribution in [0.4, 0.5) is 4.39 Å². The van der Waals surface area contributed by atoms with Gasteiger partial charge in [0.1, 0.15) is 11.6 Å². The molecule has 0 bridgehead atoms. The maximum atomic E-state index is 13.0. The Morgan fingerprint density at radius 1 is 0.960 bits per heavy atom. The van der Waals surface area contributed by atoms with Crippen LogP contribution in [0.5, 0.6) is 5.75 Å². The molecule has 0 spiro atoms. The molecule has 0 aliphatic carbocycles. The van der Waals surface area contributed by atoms with Gasteiger partial charge in [-0.25, -0.2) is 14.0 Å². The molecular weight excluding hydrogens is 323 g/mol. The van der Waals surface area contributed by atoms with Gasteiger partial charge in [-0.2, -0.15) is 0 Å². The minimum Gasteiger partial charge on any atom is -0.463 e. The Morgan fingerprint density at radius 3 is 2.28 bits per heavy atom. The number of ether oxygens (including phenoxy) is 2. The number of halogens is 1. The number of unbranched alkanes of at least 4 members (excludes halogenated alkanes) is 7. The van der Waals surface area contributed by atoms with Crippen molar-refractivity contribution in [2.45, 2.75) is 58.3 Å². The molecule has 0 aromatic heterocycles. The van der Waals surface area contributed by atoms with Crippen LogP contribution >= 0.6 is 0 Å². The lowest BCUT2D eigenvalue weighted by Gasteiger charge is -2.03. The van der Waals surface area contributed by atoms with Crippen molar-refractivity contribution >= 4 is 11.9 Å². The largest absolute Gasteiger partial charge is 0.463 e. The average molecular weight is 350 g/mol. The van der Waals surface area contributed by atoms with Gasteiger partial charge in [0.15, 0.2) is 0 Å². The summed E-state index contributed by atoms with van der Waals surface area (Å²) in [7, 11) is 0. The lowest BCUT2D eigenvalue weighted by molar-refractivity contribution is -0.138. The monoisotopic (exact) mass is 350 g/mol. The second-order valence-electron chi connectivity index (χ2n) is 5.85. The van der Waals surface area contributed by atoms with Crippen LogP contribution in [0, 0.1) is 5.82 Å². The number of carbonyl (C=O) groups is 2.